The first-order chi connectivity index (χ1) is 15.1. The molecule has 4 aromatic heterocycles. The molecular formula is C21H19N5O5. The molecule has 158 valence electrons. The normalized spacial score (nSPS) is 11.8. The van der Waals surface area contributed by atoms with Gasteiger partial charge in [-0.3, -0.25) is 9.59 Å². The number of ether oxygens (including phenoxy) is 1. The highest BCUT2D eigenvalue weighted by molar-refractivity contribution is 5.79. The van der Waals surface area contributed by atoms with E-state index in [1.807, 2.05) is 0 Å². The SMILES string of the molecule is CC(C(=O)NCCOc1ccc(-c2ccco2)nn1)n1nc(-c2ccco2)ccc1=O. The van der Waals surface area contributed by atoms with Crippen molar-refractivity contribution in [1.29, 1.82) is 0 Å². The highest BCUT2D eigenvalue weighted by Crippen LogP contribution is 2.18. The fraction of sp³-hybridized carbons (Fsp3) is 0.190. The highest BCUT2D eigenvalue weighted by atomic mass is 16.5. The van der Waals surface area contributed by atoms with Gasteiger partial charge in [-0.15, -0.1) is 10.2 Å². The number of nitrogens with zero attached hydrogens (tertiary/aromatic N) is 4. The lowest BCUT2D eigenvalue weighted by Gasteiger charge is -2.14. The lowest BCUT2D eigenvalue weighted by molar-refractivity contribution is -0.124. The number of hydrogen-bond donors (Lipinski definition) is 1. The maximum Gasteiger partial charge on any atom is 0.267 e. The van der Waals surface area contributed by atoms with E-state index in [-0.39, 0.29) is 24.6 Å². The maximum absolute atomic E-state index is 12.5. The van der Waals surface area contributed by atoms with E-state index >= 15 is 0 Å². The van der Waals surface area contributed by atoms with Crippen LogP contribution in [-0.2, 0) is 4.79 Å². The zero-order valence-electron chi connectivity index (χ0n) is 16.6. The van der Waals surface area contributed by atoms with E-state index in [1.165, 1.54) is 12.3 Å². The quantitative estimate of drug-likeness (QED) is 0.430. The molecule has 0 radical (unpaired) electrons. The molecule has 4 heterocycles. The van der Waals surface area contributed by atoms with Gasteiger partial charge in [-0.05, 0) is 43.3 Å². The number of hydrogen-bond acceptors (Lipinski definition) is 8. The van der Waals surface area contributed by atoms with Crippen molar-refractivity contribution in [2.24, 2.45) is 0 Å². The Morgan fingerprint density at radius 2 is 1.74 bits per heavy atom. The Morgan fingerprint density at radius 1 is 1.03 bits per heavy atom. The zero-order chi connectivity index (χ0) is 21.6. The summed E-state index contributed by atoms with van der Waals surface area (Å²) in [7, 11) is 0. The molecule has 0 aliphatic carbocycles. The van der Waals surface area contributed by atoms with Crippen molar-refractivity contribution in [1.82, 2.24) is 25.3 Å². The lowest BCUT2D eigenvalue weighted by atomic mass is 10.3. The fourth-order valence-electron chi connectivity index (χ4n) is 2.80. The predicted molar refractivity (Wildman–Crippen MR) is 109 cm³/mol. The molecule has 1 N–H and O–H groups in total. The van der Waals surface area contributed by atoms with Crippen molar-refractivity contribution < 1.29 is 18.4 Å². The van der Waals surface area contributed by atoms with Crippen molar-refractivity contribution in [3.63, 3.8) is 0 Å². The van der Waals surface area contributed by atoms with E-state index in [9.17, 15) is 9.59 Å². The summed E-state index contributed by atoms with van der Waals surface area (Å²) in [6, 6.07) is 12.5. The Morgan fingerprint density at radius 3 is 2.39 bits per heavy atom. The smallest absolute Gasteiger partial charge is 0.267 e. The predicted octanol–water partition coefficient (Wildman–Crippen LogP) is 2.31. The van der Waals surface area contributed by atoms with Gasteiger partial charge in [-0.1, -0.05) is 0 Å². The van der Waals surface area contributed by atoms with Crippen LogP contribution in [0.4, 0.5) is 0 Å². The van der Waals surface area contributed by atoms with Crippen LogP contribution >= 0.6 is 0 Å². The van der Waals surface area contributed by atoms with Crippen molar-refractivity contribution in [3.8, 4) is 28.8 Å². The van der Waals surface area contributed by atoms with Crippen LogP contribution in [0.15, 0.2) is 74.7 Å². The molecule has 0 spiro atoms. The number of aromatic nitrogens is 4. The van der Waals surface area contributed by atoms with Crippen molar-refractivity contribution in [2.45, 2.75) is 13.0 Å². The first-order valence-corrected chi connectivity index (χ1v) is 9.53. The molecule has 31 heavy (non-hydrogen) atoms. The van der Waals surface area contributed by atoms with Crippen LogP contribution in [-0.4, -0.2) is 39.0 Å². The monoisotopic (exact) mass is 421 g/mol. The summed E-state index contributed by atoms with van der Waals surface area (Å²) in [4.78, 5) is 24.6. The molecule has 0 fully saturated rings. The first-order valence-electron chi connectivity index (χ1n) is 9.53. The second-order valence-corrected chi connectivity index (χ2v) is 6.53. The number of carbonyl (C=O) groups is 1. The van der Waals surface area contributed by atoms with Crippen LogP contribution in [0.5, 0.6) is 5.88 Å². The Kier molecular flexibility index (Phi) is 5.88. The van der Waals surface area contributed by atoms with Crippen LogP contribution in [0.1, 0.15) is 13.0 Å². The molecular weight excluding hydrogens is 402 g/mol. The largest absolute Gasteiger partial charge is 0.475 e. The first kappa shape index (κ1) is 20.1. The second kappa shape index (κ2) is 9.08. The molecule has 4 rings (SSSR count). The summed E-state index contributed by atoms with van der Waals surface area (Å²) in [6.45, 7) is 1.99. The molecule has 0 aliphatic heterocycles. The van der Waals surface area contributed by atoms with Gasteiger partial charge in [0.05, 0.1) is 19.1 Å². The minimum Gasteiger partial charge on any atom is -0.475 e. The van der Waals surface area contributed by atoms with E-state index in [1.54, 1.807) is 55.7 Å². The fourth-order valence-corrected chi connectivity index (χ4v) is 2.80. The van der Waals surface area contributed by atoms with Gasteiger partial charge >= 0.3 is 0 Å². The lowest BCUT2D eigenvalue weighted by Crippen LogP contribution is -2.38. The molecule has 0 bridgehead atoms. The van der Waals surface area contributed by atoms with Gasteiger partial charge in [0.25, 0.3) is 5.56 Å². The molecule has 10 heteroatoms. The van der Waals surface area contributed by atoms with Crippen molar-refractivity contribution in [3.05, 3.63) is 71.4 Å². The summed E-state index contributed by atoms with van der Waals surface area (Å²) in [5.74, 6) is 1.07. The minimum atomic E-state index is -0.810. The van der Waals surface area contributed by atoms with Gasteiger partial charge in [0.15, 0.2) is 11.5 Å². The van der Waals surface area contributed by atoms with Crippen LogP contribution in [0.3, 0.4) is 0 Å². The molecule has 10 nitrogen and oxygen atoms in total. The third-order valence-corrected chi connectivity index (χ3v) is 4.41. The second-order valence-electron chi connectivity index (χ2n) is 6.53. The van der Waals surface area contributed by atoms with E-state index in [4.69, 9.17) is 13.6 Å². The summed E-state index contributed by atoms with van der Waals surface area (Å²) < 4.78 is 17.2. The third kappa shape index (κ3) is 4.69. The highest BCUT2D eigenvalue weighted by Gasteiger charge is 2.18. The molecule has 0 saturated carbocycles. The number of nitrogens with one attached hydrogen (secondary N) is 1. The topological polar surface area (TPSA) is 125 Å². The standard InChI is InChI=1S/C21H19N5O5/c1-14(26-20(27)9-7-16(25-26)18-5-3-12-30-18)21(28)22-10-13-31-19-8-6-15(23-24-19)17-4-2-11-29-17/h2-9,11-12,14H,10,13H2,1H3,(H,22,28). The van der Waals surface area contributed by atoms with Crippen molar-refractivity contribution in [2.75, 3.05) is 13.2 Å². The summed E-state index contributed by atoms with van der Waals surface area (Å²) >= 11 is 0. The van der Waals surface area contributed by atoms with Crippen LogP contribution in [0.25, 0.3) is 22.9 Å². The Balaban J connectivity index is 1.30. The van der Waals surface area contributed by atoms with Gasteiger partial charge in [0.1, 0.15) is 24.0 Å². The average Bonchev–Trinajstić information content (AvgIpc) is 3.51. The Labute approximate surface area is 176 Å². The Bertz CT molecular complexity index is 1180. The van der Waals surface area contributed by atoms with E-state index in [2.05, 4.69) is 20.6 Å². The van der Waals surface area contributed by atoms with Gasteiger partial charge in [0, 0.05) is 12.1 Å². The van der Waals surface area contributed by atoms with E-state index in [0.29, 0.717) is 28.8 Å². The number of rotatable bonds is 8. The van der Waals surface area contributed by atoms with Gasteiger partial charge in [-0.2, -0.15) is 5.10 Å². The van der Waals surface area contributed by atoms with Crippen LogP contribution in [0, 0.1) is 0 Å². The van der Waals surface area contributed by atoms with Crippen LogP contribution < -0.4 is 15.6 Å². The van der Waals surface area contributed by atoms with Crippen molar-refractivity contribution >= 4 is 5.91 Å². The summed E-state index contributed by atoms with van der Waals surface area (Å²) in [5, 5.41) is 15.0. The molecule has 0 aromatic carbocycles. The number of carbonyl (C=O) groups excluding carboxylic acids is 1. The summed E-state index contributed by atoms with van der Waals surface area (Å²) in [6.07, 6.45) is 3.07. The number of amides is 1. The van der Waals surface area contributed by atoms with Gasteiger partial charge in [-0.25, -0.2) is 4.68 Å². The minimum absolute atomic E-state index is 0.183. The molecule has 1 atom stereocenters. The third-order valence-electron chi connectivity index (χ3n) is 4.41. The van der Waals surface area contributed by atoms with Crippen LogP contribution in [0.2, 0.25) is 0 Å². The van der Waals surface area contributed by atoms with Gasteiger partial charge in [0.2, 0.25) is 11.8 Å². The zero-order valence-corrected chi connectivity index (χ0v) is 16.6. The average molecular weight is 421 g/mol. The van der Waals surface area contributed by atoms with E-state index in [0.717, 1.165) is 4.68 Å². The molecule has 0 saturated heterocycles. The summed E-state index contributed by atoms with van der Waals surface area (Å²) in [5.41, 5.74) is 0.666. The number of furan rings is 2. The molecule has 1 amide bonds. The molecule has 0 aliphatic rings. The Hall–Kier alpha value is -4.21. The van der Waals surface area contributed by atoms with E-state index < -0.39 is 6.04 Å². The maximum atomic E-state index is 12.5. The molecule has 1 unspecified atom stereocenters. The van der Waals surface area contributed by atoms with Gasteiger partial charge < -0.3 is 18.9 Å². The molecule has 4 aromatic rings.